The van der Waals surface area contributed by atoms with Crippen LogP contribution in [0.15, 0.2) is 0 Å². The Morgan fingerprint density at radius 1 is 1.38 bits per heavy atom. The maximum atomic E-state index is 10.6. The smallest absolute Gasteiger partial charge is 0.107 e. The van der Waals surface area contributed by atoms with E-state index >= 15 is 0 Å². The minimum atomic E-state index is -0.581. The van der Waals surface area contributed by atoms with E-state index in [2.05, 4.69) is 0 Å². The summed E-state index contributed by atoms with van der Waals surface area (Å²) in [6.45, 7) is 0. The van der Waals surface area contributed by atoms with Gasteiger partial charge < -0.3 is 4.55 Å². The summed E-state index contributed by atoms with van der Waals surface area (Å²) in [7, 11) is 0. The lowest BCUT2D eigenvalue weighted by Gasteiger charge is -2.19. The van der Waals surface area contributed by atoms with Crippen LogP contribution in [0.2, 0.25) is 0 Å². The SMILES string of the molecule is [NH]C1CC[S+]([O-])CC1. The van der Waals surface area contributed by atoms with Crippen molar-refractivity contribution in [2.24, 2.45) is 0 Å². The van der Waals surface area contributed by atoms with E-state index < -0.39 is 11.2 Å². The quantitative estimate of drug-likeness (QED) is 0.434. The average Bonchev–Trinajstić information content (AvgIpc) is 1.77. The first-order chi connectivity index (χ1) is 3.79. The predicted molar refractivity (Wildman–Crippen MR) is 34.0 cm³/mol. The summed E-state index contributed by atoms with van der Waals surface area (Å²) in [6, 6.07) is 0.0766. The fraction of sp³-hybridized carbons (Fsp3) is 1.00. The van der Waals surface area contributed by atoms with Crippen molar-refractivity contribution in [3.05, 3.63) is 0 Å². The molecule has 0 aromatic carbocycles. The Morgan fingerprint density at radius 3 is 2.25 bits per heavy atom. The van der Waals surface area contributed by atoms with Crippen LogP contribution >= 0.6 is 0 Å². The zero-order valence-electron chi connectivity index (χ0n) is 4.72. The molecule has 1 aliphatic rings. The largest absolute Gasteiger partial charge is 0.616 e. The second-order valence-corrected chi connectivity index (χ2v) is 3.82. The zero-order valence-corrected chi connectivity index (χ0v) is 5.54. The highest BCUT2D eigenvalue weighted by atomic mass is 32.2. The van der Waals surface area contributed by atoms with Crippen molar-refractivity contribution in [3.8, 4) is 0 Å². The van der Waals surface area contributed by atoms with E-state index in [1.807, 2.05) is 0 Å². The van der Waals surface area contributed by atoms with Gasteiger partial charge in [0.15, 0.2) is 0 Å². The van der Waals surface area contributed by atoms with Crippen LogP contribution < -0.4 is 5.73 Å². The molecule has 8 heavy (non-hydrogen) atoms. The molecule has 0 amide bonds. The van der Waals surface area contributed by atoms with Crippen molar-refractivity contribution in [2.45, 2.75) is 18.9 Å². The van der Waals surface area contributed by atoms with Crippen molar-refractivity contribution in [2.75, 3.05) is 11.5 Å². The third-order valence-corrected chi connectivity index (χ3v) is 2.77. The maximum Gasteiger partial charge on any atom is 0.107 e. The van der Waals surface area contributed by atoms with Gasteiger partial charge in [0.1, 0.15) is 11.5 Å². The molecule has 2 nitrogen and oxygen atoms in total. The first kappa shape index (κ1) is 6.39. The Hall–Kier alpha value is 0.270. The van der Waals surface area contributed by atoms with E-state index in [1.54, 1.807) is 0 Å². The fourth-order valence-corrected chi connectivity index (χ4v) is 2.09. The summed E-state index contributed by atoms with van der Waals surface area (Å²) in [4.78, 5) is 0. The minimum Gasteiger partial charge on any atom is -0.616 e. The molecule has 47 valence electrons. The molecule has 0 aromatic heterocycles. The van der Waals surface area contributed by atoms with Gasteiger partial charge in [0, 0.05) is 18.9 Å². The van der Waals surface area contributed by atoms with Gasteiger partial charge in [-0.25, -0.2) is 0 Å². The monoisotopic (exact) mass is 132 g/mol. The van der Waals surface area contributed by atoms with Crippen molar-refractivity contribution in [1.29, 1.82) is 0 Å². The van der Waals surface area contributed by atoms with Crippen molar-refractivity contribution >= 4 is 11.2 Å². The molecule has 0 unspecified atom stereocenters. The molecule has 1 N–H and O–H groups in total. The molecule has 0 spiro atoms. The summed E-state index contributed by atoms with van der Waals surface area (Å²) < 4.78 is 10.6. The second kappa shape index (κ2) is 2.71. The summed E-state index contributed by atoms with van der Waals surface area (Å²) in [5, 5.41) is 0. The molecule has 1 fully saturated rings. The Bertz CT molecular complexity index is 60.8. The summed E-state index contributed by atoms with van der Waals surface area (Å²) in [5.41, 5.74) is 7.23. The first-order valence-corrected chi connectivity index (χ1v) is 4.34. The summed E-state index contributed by atoms with van der Waals surface area (Å²) in [5.74, 6) is 1.52. The summed E-state index contributed by atoms with van der Waals surface area (Å²) >= 11 is -0.581. The van der Waals surface area contributed by atoms with Gasteiger partial charge >= 0.3 is 0 Å². The Morgan fingerprint density at radius 2 is 1.88 bits per heavy atom. The van der Waals surface area contributed by atoms with Gasteiger partial charge in [-0.15, -0.1) is 0 Å². The highest BCUT2D eigenvalue weighted by Gasteiger charge is 2.18. The van der Waals surface area contributed by atoms with Crippen LogP contribution in [0, 0.1) is 0 Å². The second-order valence-electron chi connectivity index (χ2n) is 2.12. The van der Waals surface area contributed by atoms with Gasteiger partial charge in [-0.3, -0.25) is 5.73 Å². The number of hydrogen-bond acceptors (Lipinski definition) is 1. The lowest BCUT2D eigenvalue weighted by Crippen LogP contribution is -2.27. The molecule has 1 rings (SSSR count). The molecule has 0 aromatic rings. The number of nitrogens with one attached hydrogen (secondary N) is 1. The van der Waals surface area contributed by atoms with Crippen molar-refractivity contribution < 1.29 is 4.55 Å². The lowest BCUT2D eigenvalue weighted by molar-refractivity contribution is 0.539. The van der Waals surface area contributed by atoms with Crippen molar-refractivity contribution in [1.82, 2.24) is 5.73 Å². The maximum absolute atomic E-state index is 10.6. The van der Waals surface area contributed by atoms with Crippen LogP contribution in [0.1, 0.15) is 12.8 Å². The molecule has 0 saturated carbocycles. The van der Waals surface area contributed by atoms with Gasteiger partial charge in [0.2, 0.25) is 0 Å². The van der Waals surface area contributed by atoms with Gasteiger partial charge in [-0.1, -0.05) is 11.2 Å². The predicted octanol–water partition coefficient (Wildman–Crippen LogP) is 0.180. The molecule has 0 atom stereocenters. The first-order valence-electron chi connectivity index (χ1n) is 2.85. The third kappa shape index (κ3) is 1.65. The molecular formula is C5H10NOS. The molecule has 1 heterocycles. The molecule has 0 aliphatic carbocycles. The van der Waals surface area contributed by atoms with Crippen LogP contribution in [-0.4, -0.2) is 22.1 Å². The zero-order chi connectivity index (χ0) is 5.98. The van der Waals surface area contributed by atoms with E-state index in [9.17, 15) is 4.55 Å². The van der Waals surface area contributed by atoms with Gasteiger partial charge in [-0.05, 0) is 0 Å². The Balaban J connectivity index is 2.19. The summed E-state index contributed by atoms with van der Waals surface area (Å²) in [6.07, 6.45) is 1.68. The van der Waals surface area contributed by atoms with Crippen LogP contribution in [0.25, 0.3) is 0 Å². The molecule has 0 bridgehead atoms. The van der Waals surface area contributed by atoms with Gasteiger partial charge in [0.05, 0.1) is 0 Å². The van der Waals surface area contributed by atoms with E-state index in [1.165, 1.54) is 0 Å². The van der Waals surface area contributed by atoms with Gasteiger partial charge in [0.25, 0.3) is 0 Å². The number of hydrogen-bond donors (Lipinski definition) is 0. The van der Waals surface area contributed by atoms with Crippen LogP contribution in [0.4, 0.5) is 0 Å². The molecule has 1 aliphatic heterocycles. The lowest BCUT2D eigenvalue weighted by atomic mass is 10.2. The van der Waals surface area contributed by atoms with E-state index in [4.69, 9.17) is 5.73 Å². The van der Waals surface area contributed by atoms with Crippen molar-refractivity contribution in [3.63, 3.8) is 0 Å². The Kier molecular flexibility index (Phi) is 2.16. The van der Waals surface area contributed by atoms with Crippen LogP contribution in [0.5, 0.6) is 0 Å². The normalized spacial score (nSPS) is 39.8. The molecular weight excluding hydrogens is 122 g/mol. The molecule has 3 heteroatoms. The molecule has 1 radical (unpaired) electrons. The minimum absolute atomic E-state index is 0.0766. The van der Waals surface area contributed by atoms with E-state index in [0.717, 1.165) is 24.3 Å². The van der Waals surface area contributed by atoms with Gasteiger partial charge in [-0.2, -0.15) is 0 Å². The standard InChI is InChI=1S/C5H10NOS/c6-5-1-3-8(7)4-2-5/h5-6H,1-4H2. The van der Waals surface area contributed by atoms with Crippen LogP contribution in [0.3, 0.4) is 0 Å². The molecule has 1 saturated heterocycles. The van der Waals surface area contributed by atoms with E-state index in [0.29, 0.717) is 0 Å². The highest BCUT2D eigenvalue weighted by Crippen LogP contribution is 2.10. The Labute approximate surface area is 52.6 Å². The van der Waals surface area contributed by atoms with E-state index in [-0.39, 0.29) is 6.04 Å². The number of rotatable bonds is 0. The third-order valence-electron chi connectivity index (χ3n) is 1.39. The fourth-order valence-electron chi connectivity index (χ4n) is 0.794. The topological polar surface area (TPSA) is 46.9 Å². The average molecular weight is 132 g/mol. The highest BCUT2D eigenvalue weighted by molar-refractivity contribution is 7.91. The van der Waals surface area contributed by atoms with Crippen LogP contribution in [-0.2, 0) is 11.2 Å².